The third-order valence-corrected chi connectivity index (χ3v) is 4.82. The Bertz CT molecular complexity index is 312. The summed E-state index contributed by atoms with van der Waals surface area (Å²) >= 11 is 0. The van der Waals surface area contributed by atoms with Gasteiger partial charge in [0.15, 0.2) is 6.10 Å². The van der Waals surface area contributed by atoms with Gasteiger partial charge in [-0.05, 0) is 56.3 Å². The minimum Gasteiger partial charge on any atom is -0.479 e. The van der Waals surface area contributed by atoms with Crippen LogP contribution in [-0.4, -0.2) is 22.8 Å². The highest BCUT2D eigenvalue weighted by Gasteiger charge is 2.52. The van der Waals surface area contributed by atoms with E-state index in [1.54, 1.807) is 0 Å². The predicted molar refractivity (Wildman–Crippen MR) is 63.6 cm³/mol. The van der Waals surface area contributed by atoms with Gasteiger partial charge in [0.05, 0.1) is 5.60 Å². The minimum atomic E-state index is -0.907. The monoisotopic (exact) mass is 236 g/mol. The molecule has 4 aliphatic rings. The number of hydrogen-bond acceptors (Lipinski definition) is 2. The Balaban J connectivity index is 1.77. The molecule has 0 aliphatic heterocycles. The molecule has 3 heteroatoms. The average molecular weight is 236 g/mol. The van der Waals surface area contributed by atoms with Gasteiger partial charge in [-0.25, -0.2) is 4.79 Å². The third-order valence-electron chi connectivity index (χ3n) is 4.82. The van der Waals surface area contributed by atoms with E-state index in [0.717, 1.165) is 37.0 Å². The molecule has 4 aliphatic carbocycles. The fraction of sp³-hybridized carbons (Fsp3) is 0.786. The first kappa shape index (κ1) is 11.3. The molecule has 17 heavy (non-hydrogen) atoms. The summed E-state index contributed by atoms with van der Waals surface area (Å²) in [4.78, 5) is 11.1. The van der Waals surface area contributed by atoms with Crippen LogP contribution in [0.2, 0.25) is 0 Å². The zero-order chi connectivity index (χ0) is 12.0. The summed E-state index contributed by atoms with van der Waals surface area (Å²) in [7, 11) is 0. The van der Waals surface area contributed by atoms with E-state index in [0.29, 0.717) is 0 Å². The van der Waals surface area contributed by atoms with Crippen molar-refractivity contribution in [2.75, 3.05) is 0 Å². The summed E-state index contributed by atoms with van der Waals surface area (Å²) in [5.74, 6) is 1.43. The Morgan fingerprint density at radius 1 is 1.24 bits per heavy atom. The number of carbonyl (C=O) groups is 1. The molecule has 4 rings (SSSR count). The lowest BCUT2D eigenvalue weighted by molar-refractivity contribution is -0.192. The van der Waals surface area contributed by atoms with Crippen LogP contribution in [0.15, 0.2) is 12.7 Å². The number of carboxylic acids is 1. The van der Waals surface area contributed by atoms with Crippen molar-refractivity contribution in [3.63, 3.8) is 0 Å². The molecule has 1 unspecified atom stereocenters. The smallest absolute Gasteiger partial charge is 0.336 e. The second kappa shape index (κ2) is 3.84. The molecule has 3 nitrogen and oxygen atoms in total. The van der Waals surface area contributed by atoms with Crippen molar-refractivity contribution in [3.8, 4) is 0 Å². The number of aliphatic carboxylic acids is 1. The molecule has 0 radical (unpaired) electrons. The van der Waals surface area contributed by atoms with Crippen molar-refractivity contribution in [1.29, 1.82) is 0 Å². The zero-order valence-corrected chi connectivity index (χ0v) is 10.1. The lowest BCUT2D eigenvalue weighted by Gasteiger charge is -2.56. The standard InChI is InChI=1S/C14H20O3/c1-2-12(13(15)16)17-14-6-9-3-10(7-14)5-11(4-9)8-14/h2,9-12H,1,3-8H2,(H,15,16). The Morgan fingerprint density at radius 3 is 2.06 bits per heavy atom. The van der Waals surface area contributed by atoms with E-state index in [1.165, 1.54) is 25.3 Å². The van der Waals surface area contributed by atoms with Crippen LogP contribution in [0.1, 0.15) is 38.5 Å². The van der Waals surface area contributed by atoms with Crippen LogP contribution < -0.4 is 0 Å². The van der Waals surface area contributed by atoms with Gasteiger partial charge in [0, 0.05) is 0 Å². The van der Waals surface area contributed by atoms with Gasteiger partial charge < -0.3 is 9.84 Å². The van der Waals surface area contributed by atoms with E-state index >= 15 is 0 Å². The van der Waals surface area contributed by atoms with E-state index in [-0.39, 0.29) is 5.60 Å². The normalized spacial score (nSPS) is 44.6. The van der Waals surface area contributed by atoms with Gasteiger partial charge in [-0.15, -0.1) is 0 Å². The van der Waals surface area contributed by atoms with Crippen molar-refractivity contribution in [1.82, 2.24) is 0 Å². The maximum Gasteiger partial charge on any atom is 0.336 e. The van der Waals surface area contributed by atoms with Gasteiger partial charge in [-0.3, -0.25) is 0 Å². The second-order valence-corrected chi connectivity index (χ2v) is 6.21. The van der Waals surface area contributed by atoms with Gasteiger partial charge in [0.25, 0.3) is 0 Å². The first-order chi connectivity index (χ1) is 8.10. The predicted octanol–water partition coefficient (Wildman–Crippen LogP) is 2.61. The summed E-state index contributed by atoms with van der Waals surface area (Å²) < 4.78 is 5.94. The maximum absolute atomic E-state index is 11.1. The average Bonchev–Trinajstić information content (AvgIpc) is 2.23. The first-order valence-electron chi connectivity index (χ1n) is 6.63. The van der Waals surface area contributed by atoms with Crippen molar-refractivity contribution >= 4 is 5.97 Å². The van der Waals surface area contributed by atoms with Crippen molar-refractivity contribution in [2.45, 2.75) is 50.2 Å². The molecule has 0 aromatic carbocycles. The molecule has 0 aromatic rings. The quantitative estimate of drug-likeness (QED) is 0.763. The molecule has 1 N–H and O–H groups in total. The fourth-order valence-corrected chi connectivity index (χ4v) is 4.64. The van der Waals surface area contributed by atoms with E-state index in [4.69, 9.17) is 9.84 Å². The summed E-state index contributed by atoms with van der Waals surface area (Å²) in [5, 5.41) is 9.08. The maximum atomic E-state index is 11.1. The molecule has 1 atom stereocenters. The lowest BCUT2D eigenvalue weighted by Crippen LogP contribution is -2.53. The Hall–Kier alpha value is -0.830. The van der Waals surface area contributed by atoms with Gasteiger partial charge in [0.1, 0.15) is 0 Å². The summed E-state index contributed by atoms with van der Waals surface area (Å²) in [6.45, 7) is 3.57. The summed E-state index contributed by atoms with van der Waals surface area (Å²) in [6.07, 6.45) is 7.81. The van der Waals surface area contributed by atoms with Crippen LogP contribution in [0.5, 0.6) is 0 Å². The highest BCUT2D eigenvalue weighted by atomic mass is 16.5. The van der Waals surface area contributed by atoms with Crippen molar-refractivity contribution in [2.24, 2.45) is 17.8 Å². The molecule has 4 bridgehead atoms. The van der Waals surface area contributed by atoms with Crippen molar-refractivity contribution < 1.29 is 14.6 Å². The van der Waals surface area contributed by atoms with Crippen LogP contribution in [0.25, 0.3) is 0 Å². The zero-order valence-electron chi connectivity index (χ0n) is 10.1. The number of carboxylic acid groups (broad SMARTS) is 1. The Labute approximate surface area is 102 Å². The highest BCUT2D eigenvalue weighted by Crippen LogP contribution is 2.57. The molecule has 4 fully saturated rings. The molecule has 0 spiro atoms. The van der Waals surface area contributed by atoms with E-state index in [9.17, 15) is 4.79 Å². The second-order valence-electron chi connectivity index (χ2n) is 6.21. The Kier molecular flexibility index (Phi) is 2.54. The Morgan fingerprint density at radius 2 is 1.71 bits per heavy atom. The van der Waals surface area contributed by atoms with Crippen LogP contribution in [-0.2, 0) is 9.53 Å². The number of rotatable bonds is 4. The minimum absolute atomic E-state index is 0.147. The molecular formula is C14H20O3. The van der Waals surface area contributed by atoms with Gasteiger partial charge in [-0.1, -0.05) is 12.7 Å². The number of ether oxygens (including phenoxy) is 1. The van der Waals surface area contributed by atoms with Crippen LogP contribution in [0, 0.1) is 17.8 Å². The number of hydrogen-bond donors (Lipinski definition) is 1. The van der Waals surface area contributed by atoms with Gasteiger partial charge in [-0.2, -0.15) is 0 Å². The van der Waals surface area contributed by atoms with E-state index in [1.807, 2.05) is 0 Å². The molecule has 0 saturated heterocycles. The molecular weight excluding hydrogens is 216 g/mol. The summed E-state index contributed by atoms with van der Waals surface area (Å²) in [5.41, 5.74) is -0.147. The van der Waals surface area contributed by atoms with Crippen LogP contribution >= 0.6 is 0 Å². The topological polar surface area (TPSA) is 46.5 Å². The van der Waals surface area contributed by atoms with E-state index in [2.05, 4.69) is 6.58 Å². The summed E-state index contributed by atoms with van der Waals surface area (Å²) in [6, 6.07) is 0. The highest BCUT2D eigenvalue weighted by molar-refractivity contribution is 5.74. The van der Waals surface area contributed by atoms with Crippen LogP contribution in [0.3, 0.4) is 0 Å². The van der Waals surface area contributed by atoms with E-state index < -0.39 is 12.1 Å². The van der Waals surface area contributed by atoms with Crippen LogP contribution in [0.4, 0.5) is 0 Å². The lowest BCUT2D eigenvalue weighted by atomic mass is 9.54. The molecule has 0 amide bonds. The largest absolute Gasteiger partial charge is 0.479 e. The molecule has 4 saturated carbocycles. The molecule has 94 valence electrons. The molecule has 0 aromatic heterocycles. The van der Waals surface area contributed by atoms with Crippen molar-refractivity contribution in [3.05, 3.63) is 12.7 Å². The third kappa shape index (κ3) is 1.90. The van der Waals surface area contributed by atoms with Gasteiger partial charge in [0.2, 0.25) is 0 Å². The fourth-order valence-electron chi connectivity index (χ4n) is 4.64. The SMILES string of the molecule is C=CC(OC12CC3CC(CC(C3)C1)C2)C(=O)O. The molecule has 0 heterocycles. The van der Waals surface area contributed by atoms with Gasteiger partial charge >= 0.3 is 5.97 Å². The first-order valence-corrected chi connectivity index (χ1v) is 6.63.